The predicted molar refractivity (Wildman–Crippen MR) is 68.8 cm³/mol. The van der Waals surface area contributed by atoms with Crippen molar-refractivity contribution in [2.75, 3.05) is 29.9 Å². The molecule has 0 aromatic carbocycles. The van der Waals surface area contributed by atoms with Crippen LogP contribution in [0.15, 0.2) is 12.4 Å². The van der Waals surface area contributed by atoms with E-state index in [1.54, 1.807) is 0 Å². The van der Waals surface area contributed by atoms with Crippen molar-refractivity contribution in [3.05, 3.63) is 12.4 Å². The minimum atomic E-state index is -0.724. The van der Waals surface area contributed by atoms with Crippen molar-refractivity contribution in [2.45, 2.75) is 19.8 Å². The highest BCUT2D eigenvalue weighted by Crippen LogP contribution is 2.25. The van der Waals surface area contributed by atoms with E-state index in [4.69, 9.17) is 5.11 Å². The lowest BCUT2D eigenvalue weighted by molar-refractivity contribution is -0.137. The zero-order valence-corrected chi connectivity index (χ0v) is 10.5. The Morgan fingerprint density at radius 3 is 3.17 bits per heavy atom. The van der Waals surface area contributed by atoms with Crippen molar-refractivity contribution >= 4 is 17.6 Å². The lowest BCUT2D eigenvalue weighted by atomic mass is 10.1. The van der Waals surface area contributed by atoms with E-state index in [2.05, 4.69) is 20.2 Å². The Morgan fingerprint density at radius 2 is 2.44 bits per heavy atom. The Hall–Kier alpha value is -1.85. The van der Waals surface area contributed by atoms with Crippen LogP contribution in [0, 0.1) is 5.92 Å². The zero-order valence-electron chi connectivity index (χ0n) is 10.5. The highest BCUT2D eigenvalue weighted by atomic mass is 16.4. The third-order valence-corrected chi connectivity index (χ3v) is 3.08. The van der Waals surface area contributed by atoms with Gasteiger partial charge < -0.3 is 15.3 Å². The average molecular weight is 250 g/mol. The number of carboxylic acid groups (broad SMARTS) is 1. The molecule has 1 fully saturated rings. The van der Waals surface area contributed by atoms with E-state index >= 15 is 0 Å². The minimum absolute atomic E-state index is 0.222. The third kappa shape index (κ3) is 3.09. The van der Waals surface area contributed by atoms with Gasteiger partial charge in [0, 0.05) is 32.1 Å². The van der Waals surface area contributed by atoms with Crippen molar-refractivity contribution in [1.82, 2.24) is 9.97 Å². The molecule has 6 nitrogen and oxygen atoms in total. The predicted octanol–water partition coefficient (Wildman–Crippen LogP) is 1.21. The van der Waals surface area contributed by atoms with E-state index in [0.717, 1.165) is 37.7 Å². The summed E-state index contributed by atoms with van der Waals surface area (Å²) in [6.07, 6.45) is 2.69. The summed E-state index contributed by atoms with van der Waals surface area (Å²) in [4.78, 5) is 21.2. The summed E-state index contributed by atoms with van der Waals surface area (Å²) in [5.74, 6) is 1.18. The van der Waals surface area contributed by atoms with Gasteiger partial charge in [0.15, 0.2) is 0 Å². The van der Waals surface area contributed by atoms with Gasteiger partial charge in [0.05, 0.1) is 0 Å². The minimum Gasteiger partial charge on any atom is -0.481 e. The van der Waals surface area contributed by atoms with Crippen LogP contribution >= 0.6 is 0 Å². The SMILES string of the molecule is CCNc1cc(N2CCC(CC(=O)O)C2)ncn1. The molecule has 1 aliphatic rings. The molecule has 0 bridgehead atoms. The maximum Gasteiger partial charge on any atom is 0.303 e. The summed E-state index contributed by atoms with van der Waals surface area (Å²) >= 11 is 0. The second-order valence-electron chi connectivity index (χ2n) is 4.49. The number of anilines is 2. The molecule has 0 radical (unpaired) electrons. The number of carbonyl (C=O) groups is 1. The van der Waals surface area contributed by atoms with Crippen LogP contribution in [-0.2, 0) is 4.79 Å². The number of rotatable bonds is 5. The number of aromatic nitrogens is 2. The fourth-order valence-electron chi connectivity index (χ4n) is 2.25. The van der Waals surface area contributed by atoms with Gasteiger partial charge in [-0.1, -0.05) is 0 Å². The molecule has 1 aromatic heterocycles. The molecular weight excluding hydrogens is 232 g/mol. The van der Waals surface area contributed by atoms with E-state index in [9.17, 15) is 4.79 Å². The summed E-state index contributed by atoms with van der Waals surface area (Å²) < 4.78 is 0. The molecule has 18 heavy (non-hydrogen) atoms. The molecule has 0 spiro atoms. The second-order valence-corrected chi connectivity index (χ2v) is 4.49. The molecule has 2 heterocycles. The number of hydrogen-bond donors (Lipinski definition) is 2. The Kier molecular flexibility index (Phi) is 3.96. The van der Waals surface area contributed by atoms with Crippen LogP contribution in [0.25, 0.3) is 0 Å². The van der Waals surface area contributed by atoms with Gasteiger partial charge in [-0.15, -0.1) is 0 Å². The summed E-state index contributed by atoms with van der Waals surface area (Å²) in [6, 6.07) is 1.91. The maximum atomic E-state index is 10.7. The average Bonchev–Trinajstić information content (AvgIpc) is 2.77. The highest BCUT2D eigenvalue weighted by Gasteiger charge is 2.25. The van der Waals surface area contributed by atoms with Gasteiger partial charge in [-0.05, 0) is 19.3 Å². The van der Waals surface area contributed by atoms with Gasteiger partial charge >= 0.3 is 5.97 Å². The highest BCUT2D eigenvalue weighted by molar-refractivity contribution is 5.67. The van der Waals surface area contributed by atoms with E-state index in [0.29, 0.717) is 0 Å². The Balaban J connectivity index is 2.00. The van der Waals surface area contributed by atoms with Crippen molar-refractivity contribution in [3.63, 3.8) is 0 Å². The van der Waals surface area contributed by atoms with Crippen LogP contribution in [0.5, 0.6) is 0 Å². The van der Waals surface area contributed by atoms with Crippen LogP contribution in [-0.4, -0.2) is 40.7 Å². The maximum absolute atomic E-state index is 10.7. The molecule has 1 aromatic rings. The van der Waals surface area contributed by atoms with Gasteiger partial charge in [-0.25, -0.2) is 9.97 Å². The van der Waals surface area contributed by atoms with Crippen LogP contribution in [0.1, 0.15) is 19.8 Å². The third-order valence-electron chi connectivity index (χ3n) is 3.08. The van der Waals surface area contributed by atoms with Gasteiger partial charge in [0.1, 0.15) is 18.0 Å². The smallest absolute Gasteiger partial charge is 0.303 e. The Morgan fingerprint density at radius 1 is 1.61 bits per heavy atom. The molecule has 1 unspecified atom stereocenters. The summed E-state index contributed by atoms with van der Waals surface area (Å²) in [5.41, 5.74) is 0. The lowest BCUT2D eigenvalue weighted by Crippen LogP contribution is -2.21. The van der Waals surface area contributed by atoms with Gasteiger partial charge in [0.25, 0.3) is 0 Å². The molecule has 0 aliphatic carbocycles. The second kappa shape index (κ2) is 5.66. The fourth-order valence-corrected chi connectivity index (χ4v) is 2.25. The number of hydrogen-bond acceptors (Lipinski definition) is 5. The van der Waals surface area contributed by atoms with E-state index < -0.39 is 5.97 Å². The van der Waals surface area contributed by atoms with Crippen molar-refractivity contribution in [3.8, 4) is 0 Å². The quantitative estimate of drug-likeness (QED) is 0.817. The van der Waals surface area contributed by atoms with E-state index in [1.807, 2.05) is 13.0 Å². The van der Waals surface area contributed by atoms with Crippen LogP contribution in [0.3, 0.4) is 0 Å². The number of nitrogens with one attached hydrogen (secondary N) is 1. The molecule has 2 rings (SSSR count). The number of aliphatic carboxylic acids is 1. The first-order chi connectivity index (χ1) is 8.69. The normalized spacial score (nSPS) is 18.9. The van der Waals surface area contributed by atoms with E-state index in [1.165, 1.54) is 6.33 Å². The molecule has 98 valence electrons. The fraction of sp³-hybridized carbons (Fsp3) is 0.583. The van der Waals surface area contributed by atoms with E-state index in [-0.39, 0.29) is 12.3 Å². The summed E-state index contributed by atoms with van der Waals surface area (Å²) in [6.45, 7) is 4.45. The monoisotopic (exact) mass is 250 g/mol. The first kappa shape index (κ1) is 12.6. The number of carboxylic acids is 1. The standard InChI is InChI=1S/C12H18N4O2/c1-2-13-10-6-11(15-8-14-10)16-4-3-9(7-16)5-12(17)18/h6,8-9H,2-5,7H2,1H3,(H,17,18)(H,13,14,15). The Bertz CT molecular complexity index is 424. The lowest BCUT2D eigenvalue weighted by Gasteiger charge is -2.17. The van der Waals surface area contributed by atoms with Crippen LogP contribution in [0.2, 0.25) is 0 Å². The van der Waals surface area contributed by atoms with Gasteiger partial charge in [-0.2, -0.15) is 0 Å². The Labute approximate surface area is 106 Å². The van der Waals surface area contributed by atoms with Gasteiger partial charge in [0.2, 0.25) is 0 Å². The molecule has 1 atom stereocenters. The summed E-state index contributed by atoms with van der Waals surface area (Å²) in [7, 11) is 0. The molecule has 1 saturated heterocycles. The molecule has 0 amide bonds. The zero-order chi connectivity index (χ0) is 13.0. The molecule has 0 saturated carbocycles. The summed E-state index contributed by atoms with van der Waals surface area (Å²) in [5, 5.41) is 11.9. The first-order valence-electron chi connectivity index (χ1n) is 6.21. The van der Waals surface area contributed by atoms with Crippen molar-refractivity contribution < 1.29 is 9.90 Å². The van der Waals surface area contributed by atoms with Gasteiger partial charge in [-0.3, -0.25) is 4.79 Å². The molecular formula is C12H18N4O2. The molecule has 1 aliphatic heterocycles. The van der Waals surface area contributed by atoms with Crippen LogP contribution < -0.4 is 10.2 Å². The first-order valence-corrected chi connectivity index (χ1v) is 6.21. The number of nitrogens with zero attached hydrogens (tertiary/aromatic N) is 3. The van der Waals surface area contributed by atoms with Crippen molar-refractivity contribution in [2.24, 2.45) is 5.92 Å². The van der Waals surface area contributed by atoms with Crippen LogP contribution in [0.4, 0.5) is 11.6 Å². The molecule has 2 N–H and O–H groups in total. The topological polar surface area (TPSA) is 78.4 Å². The largest absolute Gasteiger partial charge is 0.481 e. The molecule has 6 heteroatoms. The van der Waals surface area contributed by atoms with Crippen molar-refractivity contribution in [1.29, 1.82) is 0 Å².